The Balaban J connectivity index is 1.64. The van der Waals surface area contributed by atoms with Gasteiger partial charge in [-0.1, -0.05) is 90.2 Å². The van der Waals surface area contributed by atoms with Crippen LogP contribution in [0.5, 0.6) is 0 Å². The van der Waals surface area contributed by atoms with E-state index >= 15 is 0 Å². The molecule has 0 radical (unpaired) electrons. The number of carbonyl (C=O) groups is 1. The number of amides is 1. The van der Waals surface area contributed by atoms with Crippen LogP contribution < -0.4 is 5.32 Å². The average Bonchev–Trinajstić information content (AvgIpc) is 3.15. The summed E-state index contributed by atoms with van der Waals surface area (Å²) in [5.74, 6) is -0.676. The molecular weight excluding hydrogens is 371 g/mol. The number of halogens is 1. The van der Waals surface area contributed by atoms with E-state index in [0.717, 1.165) is 21.7 Å². The molecule has 4 aromatic rings. The highest BCUT2D eigenvalue weighted by Crippen LogP contribution is 2.38. The topological polar surface area (TPSA) is 42.0 Å². The minimum Gasteiger partial charge on any atom is -0.302 e. The molecule has 0 atom stereocenters. The summed E-state index contributed by atoms with van der Waals surface area (Å²) in [7, 11) is 0. The molecule has 0 aliphatic heterocycles. The summed E-state index contributed by atoms with van der Waals surface area (Å²) in [6.45, 7) is 0. The van der Waals surface area contributed by atoms with Gasteiger partial charge in [0.05, 0.1) is 17.0 Å². The van der Waals surface area contributed by atoms with E-state index in [9.17, 15) is 9.18 Å². The molecule has 3 aromatic carbocycles. The van der Waals surface area contributed by atoms with Gasteiger partial charge in [-0.05, 0) is 17.2 Å². The molecule has 0 aliphatic carbocycles. The van der Waals surface area contributed by atoms with Gasteiger partial charge in [0.25, 0.3) is 0 Å². The van der Waals surface area contributed by atoms with Gasteiger partial charge in [0.1, 0.15) is 5.82 Å². The highest BCUT2D eigenvalue weighted by Gasteiger charge is 2.17. The third-order valence-electron chi connectivity index (χ3n) is 4.27. The van der Waals surface area contributed by atoms with Gasteiger partial charge in [0.2, 0.25) is 5.91 Å². The normalized spacial score (nSPS) is 10.6. The predicted molar refractivity (Wildman–Crippen MR) is 112 cm³/mol. The molecule has 5 heteroatoms. The van der Waals surface area contributed by atoms with Crippen LogP contribution in [0, 0.1) is 5.82 Å². The Morgan fingerprint density at radius 3 is 2.14 bits per heavy atom. The van der Waals surface area contributed by atoms with Crippen molar-refractivity contribution in [3.8, 4) is 21.7 Å². The molecule has 1 N–H and O–H groups in total. The maximum atomic E-state index is 13.8. The fraction of sp³-hybridized carbons (Fsp3) is 0.0435. The number of nitrogens with zero attached hydrogens (tertiary/aromatic N) is 1. The van der Waals surface area contributed by atoms with E-state index in [1.807, 2.05) is 60.7 Å². The Labute approximate surface area is 166 Å². The van der Waals surface area contributed by atoms with Gasteiger partial charge in [-0.25, -0.2) is 9.37 Å². The molecule has 3 nitrogen and oxygen atoms in total. The Morgan fingerprint density at radius 1 is 0.857 bits per heavy atom. The molecule has 0 bridgehead atoms. The van der Waals surface area contributed by atoms with Crippen LogP contribution in [0.15, 0.2) is 84.9 Å². The van der Waals surface area contributed by atoms with Crippen LogP contribution in [-0.2, 0) is 11.2 Å². The predicted octanol–water partition coefficient (Wildman–Crippen LogP) is 5.80. The Morgan fingerprint density at radius 2 is 1.46 bits per heavy atom. The van der Waals surface area contributed by atoms with E-state index in [2.05, 4.69) is 10.3 Å². The molecule has 0 unspecified atom stereocenters. The fourth-order valence-electron chi connectivity index (χ4n) is 2.93. The van der Waals surface area contributed by atoms with Crippen molar-refractivity contribution >= 4 is 22.4 Å². The van der Waals surface area contributed by atoms with Crippen LogP contribution in [0.1, 0.15) is 5.56 Å². The number of nitrogens with one attached hydrogen (secondary N) is 1. The first-order valence-electron chi connectivity index (χ1n) is 8.85. The Hall–Kier alpha value is -3.31. The van der Waals surface area contributed by atoms with Gasteiger partial charge in [-0.2, -0.15) is 0 Å². The number of hydrogen-bond donors (Lipinski definition) is 1. The van der Waals surface area contributed by atoms with Gasteiger partial charge in [-0.3, -0.25) is 4.79 Å². The number of hydrogen-bond acceptors (Lipinski definition) is 3. The van der Waals surface area contributed by atoms with Crippen LogP contribution in [0.25, 0.3) is 21.7 Å². The molecular formula is C23H17FN2OS. The lowest BCUT2D eigenvalue weighted by Gasteiger charge is -2.03. The molecule has 0 fully saturated rings. The highest BCUT2D eigenvalue weighted by atomic mass is 32.1. The molecule has 4 rings (SSSR count). The van der Waals surface area contributed by atoms with Crippen LogP contribution in [0.4, 0.5) is 9.52 Å². The minimum atomic E-state index is -0.383. The average molecular weight is 388 g/mol. The zero-order chi connectivity index (χ0) is 19.3. The number of rotatable bonds is 5. The minimum absolute atomic E-state index is 0.0341. The first-order chi connectivity index (χ1) is 13.7. The van der Waals surface area contributed by atoms with Crippen LogP contribution in [-0.4, -0.2) is 10.9 Å². The van der Waals surface area contributed by atoms with Crippen molar-refractivity contribution in [2.45, 2.75) is 6.42 Å². The molecule has 0 saturated carbocycles. The summed E-state index contributed by atoms with van der Waals surface area (Å²) in [6, 6.07) is 26.1. The summed E-state index contributed by atoms with van der Waals surface area (Å²) >= 11 is 1.41. The monoisotopic (exact) mass is 388 g/mol. The van der Waals surface area contributed by atoms with E-state index in [1.165, 1.54) is 17.4 Å². The standard InChI is InChI=1S/C23H17FN2OS/c24-19-14-8-7-13-18(19)15-20(27)25-23-26-21(16-9-3-1-4-10-16)22(28-23)17-11-5-2-6-12-17/h1-14H,15H2,(H,25,26,27). The van der Waals surface area contributed by atoms with Gasteiger partial charge in [0.15, 0.2) is 5.13 Å². The largest absolute Gasteiger partial charge is 0.302 e. The maximum Gasteiger partial charge on any atom is 0.230 e. The van der Waals surface area contributed by atoms with Crippen molar-refractivity contribution in [2.24, 2.45) is 0 Å². The van der Waals surface area contributed by atoms with Crippen molar-refractivity contribution in [1.29, 1.82) is 0 Å². The second-order valence-electron chi connectivity index (χ2n) is 6.25. The summed E-state index contributed by atoms with van der Waals surface area (Å²) in [5.41, 5.74) is 3.20. The lowest BCUT2D eigenvalue weighted by atomic mass is 10.1. The zero-order valence-electron chi connectivity index (χ0n) is 14.9. The van der Waals surface area contributed by atoms with Gasteiger partial charge in [-0.15, -0.1) is 0 Å². The number of aromatic nitrogens is 1. The first kappa shape index (κ1) is 18.1. The summed E-state index contributed by atoms with van der Waals surface area (Å²) in [6.07, 6.45) is -0.0341. The lowest BCUT2D eigenvalue weighted by Crippen LogP contribution is -2.15. The molecule has 1 amide bonds. The number of benzene rings is 3. The number of anilines is 1. The van der Waals surface area contributed by atoms with Crippen LogP contribution >= 0.6 is 11.3 Å². The van der Waals surface area contributed by atoms with Gasteiger partial charge >= 0.3 is 0 Å². The van der Waals surface area contributed by atoms with E-state index in [-0.39, 0.29) is 18.1 Å². The molecule has 0 spiro atoms. The van der Waals surface area contributed by atoms with Crippen molar-refractivity contribution < 1.29 is 9.18 Å². The van der Waals surface area contributed by atoms with Crippen molar-refractivity contribution in [1.82, 2.24) is 4.98 Å². The van der Waals surface area contributed by atoms with Gasteiger partial charge < -0.3 is 5.32 Å². The van der Waals surface area contributed by atoms with Crippen molar-refractivity contribution in [2.75, 3.05) is 5.32 Å². The molecule has 0 aliphatic rings. The Bertz CT molecular complexity index is 1040. The van der Waals surface area contributed by atoms with Crippen molar-refractivity contribution in [3.63, 3.8) is 0 Å². The SMILES string of the molecule is O=C(Cc1ccccc1F)Nc1nc(-c2ccccc2)c(-c2ccccc2)s1. The van der Waals surface area contributed by atoms with Crippen molar-refractivity contribution in [3.05, 3.63) is 96.3 Å². The molecule has 28 heavy (non-hydrogen) atoms. The van der Waals surface area contributed by atoms with E-state index < -0.39 is 0 Å². The number of carbonyl (C=O) groups excluding carboxylic acids is 1. The summed E-state index contributed by atoms with van der Waals surface area (Å²) in [4.78, 5) is 18.0. The Kier molecular flexibility index (Phi) is 5.26. The second kappa shape index (κ2) is 8.15. The van der Waals surface area contributed by atoms with Gasteiger partial charge in [0, 0.05) is 5.56 Å². The zero-order valence-corrected chi connectivity index (χ0v) is 15.7. The summed E-state index contributed by atoms with van der Waals surface area (Å²) in [5, 5.41) is 3.32. The fourth-order valence-corrected chi connectivity index (χ4v) is 3.94. The quantitative estimate of drug-likeness (QED) is 0.470. The highest BCUT2D eigenvalue weighted by molar-refractivity contribution is 7.19. The number of thiazole rings is 1. The maximum absolute atomic E-state index is 13.8. The van der Waals surface area contributed by atoms with E-state index in [4.69, 9.17) is 0 Å². The second-order valence-corrected chi connectivity index (χ2v) is 7.24. The van der Waals surface area contributed by atoms with E-state index in [1.54, 1.807) is 18.2 Å². The third-order valence-corrected chi connectivity index (χ3v) is 5.29. The first-order valence-corrected chi connectivity index (χ1v) is 9.67. The molecule has 1 aromatic heterocycles. The molecule has 1 heterocycles. The van der Waals surface area contributed by atoms with Crippen LogP contribution in [0.3, 0.4) is 0 Å². The third kappa shape index (κ3) is 4.00. The summed E-state index contributed by atoms with van der Waals surface area (Å²) < 4.78 is 13.8. The van der Waals surface area contributed by atoms with Crippen LogP contribution in [0.2, 0.25) is 0 Å². The lowest BCUT2D eigenvalue weighted by molar-refractivity contribution is -0.115. The molecule has 138 valence electrons. The van der Waals surface area contributed by atoms with E-state index in [0.29, 0.717) is 10.7 Å². The smallest absolute Gasteiger partial charge is 0.230 e. The molecule has 0 saturated heterocycles.